The third kappa shape index (κ3) is 4.62. The smallest absolute Gasteiger partial charge is 0.321 e. The van der Waals surface area contributed by atoms with Gasteiger partial charge in [0.15, 0.2) is 5.82 Å². The van der Waals surface area contributed by atoms with Crippen LogP contribution < -0.4 is 5.32 Å². The van der Waals surface area contributed by atoms with Crippen molar-refractivity contribution in [3.63, 3.8) is 0 Å². The SMILES string of the molecule is Cc1ccc(NC(=O)N(C)CCc2noc(C3CCCCC3)n2)c(C)c1. The van der Waals surface area contributed by atoms with Crippen molar-refractivity contribution in [3.8, 4) is 0 Å². The van der Waals surface area contributed by atoms with E-state index in [9.17, 15) is 4.79 Å². The molecule has 140 valence electrons. The Labute approximate surface area is 155 Å². The van der Waals surface area contributed by atoms with Gasteiger partial charge in [0.25, 0.3) is 0 Å². The highest BCUT2D eigenvalue weighted by atomic mass is 16.5. The maximum Gasteiger partial charge on any atom is 0.321 e. The van der Waals surface area contributed by atoms with Gasteiger partial charge in [-0.05, 0) is 38.3 Å². The second-order valence-electron chi connectivity index (χ2n) is 7.30. The maximum atomic E-state index is 12.4. The zero-order chi connectivity index (χ0) is 18.5. The summed E-state index contributed by atoms with van der Waals surface area (Å²) in [6, 6.07) is 5.86. The van der Waals surface area contributed by atoms with Crippen LogP contribution in [0.4, 0.5) is 10.5 Å². The van der Waals surface area contributed by atoms with E-state index in [1.165, 1.54) is 24.8 Å². The van der Waals surface area contributed by atoms with Gasteiger partial charge >= 0.3 is 6.03 Å². The molecule has 1 fully saturated rings. The highest BCUT2D eigenvalue weighted by Gasteiger charge is 2.21. The van der Waals surface area contributed by atoms with E-state index in [2.05, 4.69) is 21.5 Å². The molecule has 0 bridgehead atoms. The number of urea groups is 1. The summed E-state index contributed by atoms with van der Waals surface area (Å²) in [5.74, 6) is 1.86. The molecule has 1 N–H and O–H groups in total. The van der Waals surface area contributed by atoms with Gasteiger partial charge in [-0.2, -0.15) is 4.98 Å². The van der Waals surface area contributed by atoms with Gasteiger partial charge < -0.3 is 14.7 Å². The topological polar surface area (TPSA) is 71.3 Å². The molecule has 1 heterocycles. The molecule has 2 aromatic rings. The third-order valence-corrected chi connectivity index (χ3v) is 5.08. The highest BCUT2D eigenvalue weighted by molar-refractivity contribution is 5.90. The molecule has 26 heavy (non-hydrogen) atoms. The summed E-state index contributed by atoms with van der Waals surface area (Å²) in [7, 11) is 1.78. The zero-order valence-corrected chi connectivity index (χ0v) is 15.9. The number of carbonyl (C=O) groups is 1. The number of carbonyl (C=O) groups excluding carboxylic acids is 1. The van der Waals surface area contributed by atoms with E-state index in [0.717, 1.165) is 30.0 Å². The molecule has 1 aromatic heterocycles. The maximum absolute atomic E-state index is 12.4. The number of likely N-dealkylation sites (N-methyl/N-ethyl adjacent to an activating group) is 1. The van der Waals surface area contributed by atoms with E-state index in [1.54, 1.807) is 11.9 Å². The van der Waals surface area contributed by atoms with Crippen LogP contribution in [-0.2, 0) is 6.42 Å². The van der Waals surface area contributed by atoms with Crippen LogP contribution in [0.5, 0.6) is 0 Å². The van der Waals surface area contributed by atoms with Gasteiger partial charge in [-0.1, -0.05) is 42.1 Å². The van der Waals surface area contributed by atoms with Gasteiger partial charge in [0, 0.05) is 31.6 Å². The number of rotatable bonds is 5. The number of hydrogen-bond donors (Lipinski definition) is 1. The second kappa shape index (κ2) is 8.34. The van der Waals surface area contributed by atoms with E-state index < -0.39 is 0 Å². The van der Waals surface area contributed by atoms with Crippen molar-refractivity contribution in [1.29, 1.82) is 0 Å². The molecule has 6 nitrogen and oxygen atoms in total. The number of hydrogen-bond acceptors (Lipinski definition) is 4. The molecule has 1 aromatic carbocycles. The lowest BCUT2D eigenvalue weighted by Crippen LogP contribution is -2.33. The van der Waals surface area contributed by atoms with Crippen LogP contribution in [0.2, 0.25) is 0 Å². The minimum atomic E-state index is -0.132. The quantitative estimate of drug-likeness (QED) is 0.859. The lowest BCUT2D eigenvalue weighted by atomic mass is 9.89. The fraction of sp³-hybridized carbons (Fsp3) is 0.550. The third-order valence-electron chi connectivity index (χ3n) is 5.08. The Kier molecular flexibility index (Phi) is 5.91. The molecule has 1 aliphatic rings. The molecule has 2 amide bonds. The largest absolute Gasteiger partial charge is 0.339 e. The molecule has 0 unspecified atom stereocenters. The molecule has 0 spiro atoms. The van der Waals surface area contributed by atoms with Crippen molar-refractivity contribution in [2.45, 2.75) is 58.3 Å². The molecule has 0 aliphatic heterocycles. The molecular formula is C20H28N4O2. The molecule has 0 radical (unpaired) electrons. The van der Waals surface area contributed by atoms with Crippen molar-refractivity contribution in [2.24, 2.45) is 0 Å². The first-order valence-electron chi connectivity index (χ1n) is 9.45. The molecule has 1 saturated carbocycles. The monoisotopic (exact) mass is 356 g/mol. The summed E-state index contributed by atoms with van der Waals surface area (Å²) >= 11 is 0. The van der Waals surface area contributed by atoms with Gasteiger partial charge in [0.05, 0.1) is 0 Å². The number of nitrogens with zero attached hydrogens (tertiary/aromatic N) is 3. The summed E-state index contributed by atoms with van der Waals surface area (Å²) in [5.41, 5.74) is 3.08. The summed E-state index contributed by atoms with van der Waals surface area (Å²) in [4.78, 5) is 18.6. The molecule has 6 heteroatoms. The highest BCUT2D eigenvalue weighted by Crippen LogP contribution is 2.31. The minimum Gasteiger partial charge on any atom is -0.339 e. The second-order valence-corrected chi connectivity index (χ2v) is 7.30. The summed E-state index contributed by atoms with van der Waals surface area (Å²) in [6.45, 7) is 4.58. The summed E-state index contributed by atoms with van der Waals surface area (Å²) in [5, 5.41) is 7.04. The first kappa shape index (κ1) is 18.4. The first-order valence-corrected chi connectivity index (χ1v) is 9.45. The summed E-state index contributed by atoms with van der Waals surface area (Å²) in [6.07, 6.45) is 6.65. The van der Waals surface area contributed by atoms with E-state index in [4.69, 9.17) is 4.52 Å². The number of aromatic nitrogens is 2. The number of amides is 2. The van der Waals surface area contributed by atoms with Crippen LogP contribution in [0, 0.1) is 13.8 Å². The van der Waals surface area contributed by atoms with Crippen LogP contribution in [0.3, 0.4) is 0 Å². The van der Waals surface area contributed by atoms with E-state index in [0.29, 0.717) is 24.7 Å². The Balaban J connectivity index is 1.51. The average molecular weight is 356 g/mol. The Hall–Kier alpha value is -2.37. The molecule has 0 saturated heterocycles. The van der Waals surface area contributed by atoms with Crippen LogP contribution >= 0.6 is 0 Å². The molecular weight excluding hydrogens is 328 g/mol. The normalized spacial score (nSPS) is 15.0. The van der Waals surface area contributed by atoms with Crippen molar-refractivity contribution in [1.82, 2.24) is 15.0 Å². The van der Waals surface area contributed by atoms with Crippen molar-refractivity contribution in [2.75, 3.05) is 18.9 Å². The number of benzene rings is 1. The van der Waals surface area contributed by atoms with Crippen molar-refractivity contribution < 1.29 is 9.32 Å². The Morgan fingerprint density at radius 3 is 2.77 bits per heavy atom. The van der Waals surface area contributed by atoms with Crippen molar-refractivity contribution in [3.05, 3.63) is 41.0 Å². The lowest BCUT2D eigenvalue weighted by molar-refractivity contribution is 0.222. The Bertz CT molecular complexity index is 750. The van der Waals surface area contributed by atoms with Crippen LogP contribution in [-0.4, -0.2) is 34.7 Å². The first-order chi connectivity index (χ1) is 12.5. The lowest BCUT2D eigenvalue weighted by Gasteiger charge is -2.18. The Morgan fingerprint density at radius 1 is 1.27 bits per heavy atom. The molecule has 0 atom stereocenters. The van der Waals surface area contributed by atoms with Gasteiger partial charge in [0.2, 0.25) is 5.89 Å². The van der Waals surface area contributed by atoms with Gasteiger partial charge in [0.1, 0.15) is 0 Å². The molecule has 3 rings (SSSR count). The fourth-order valence-electron chi connectivity index (χ4n) is 3.42. The fourth-order valence-corrected chi connectivity index (χ4v) is 3.42. The number of aryl methyl sites for hydroxylation is 2. The van der Waals surface area contributed by atoms with Gasteiger partial charge in [-0.25, -0.2) is 4.79 Å². The van der Waals surface area contributed by atoms with Crippen LogP contribution in [0.15, 0.2) is 22.7 Å². The van der Waals surface area contributed by atoms with Gasteiger partial charge in [-0.3, -0.25) is 0 Å². The standard InChI is InChI=1S/C20H28N4O2/c1-14-9-10-17(15(2)13-14)21-20(25)24(3)12-11-18-22-19(26-23-18)16-7-5-4-6-8-16/h9-10,13,16H,4-8,11-12H2,1-3H3,(H,21,25). The van der Waals surface area contributed by atoms with Crippen LogP contribution in [0.1, 0.15) is 60.9 Å². The van der Waals surface area contributed by atoms with Crippen LogP contribution in [0.25, 0.3) is 0 Å². The zero-order valence-electron chi connectivity index (χ0n) is 15.9. The van der Waals surface area contributed by atoms with E-state index in [1.807, 2.05) is 26.0 Å². The average Bonchev–Trinajstić information content (AvgIpc) is 3.11. The van der Waals surface area contributed by atoms with Crippen molar-refractivity contribution >= 4 is 11.7 Å². The van der Waals surface area contributed by atoms with Gasteiger partial charge in [-0.15, -0.1) is 0 Å². The summed E-state index contributed by atoms with van der Waals surface area (Å²) < 4.78 is 5.44. The number of nitrogens with one attached hydrogen (secondary N) is 1. The van der Waals surface area contributed by atoms with E-state index in [-0.39, 0.29) is 6.03 Å². The minimum absolute atomic E-state index is 0.132. The predicted molar refractivity (Wildman–Crippen MR) is 101 cm³/mol. The predicted octanol–water partition coefficient (Wildman–Crippen LogP) is 4.44. The van der Waals surface area contributed by atoms with E-state index >= 15 is 0 Å². The number of anilines is 1. The Morgan fingerprint density at radius 2 is 2.04 bits per heavy atom. The molecule has 1 aliphatic carbocycles.